The lowest BCUT2D eigenvalue weighted by atomic mass is 10.1. The summed E-state index contributed by atoms with van der Waals surface area (Å²) in [6.45, 7) is 1.12. The minimum atomic E-state index is -4.44. The minimum Gasteiger partial charge on any atom is -0.506 e. The van der Waals surface area contributed by atoms with E-state index in [1.807, 2.05) is 0 Å². The number of aromatic carboxylic acids is 1. The molecule has 1 heterocycles. The summed E-state index contributed by atoms with van der Waals surface area (Å²) in [4.78, 5) is 14.9. The molecule has 0 fully saturated rings. The number of aromatic hydroxyl groups is 1. The Bertz CT molecular complexity index is 1090. The zero-order chi connectivity index (χ0) is 23.9. The Morgan fingerprint density at radius 2 is 1.75 bits per heavy atom. The van der Waals surface area contributed by atoms with E-state index in [1.54, 1.807) is 19.1 Å². The highest BCUT2D eigenvalue weighted by atomic mass is 19.4. The van der Waals surface area contributed by atoms with Gasteiger partial charge in [0.2, 0.25) is 0 Å². The number of para-hydroxylation sites is 1. The molecule has 10 heteroatoms. The molecule has 0 radical (unpaired) electrons. The topological polar surface area (TPSA) is 123 Å². The SMILES string of the molecule is Cc1ncc(CO)c(CO)c1O.O=C(O)c1ccccc1Nc1cccc(C(F)(F)F)c1. The van der Waals surface area contributed by atoms with Crippen molar-refractivity contribution in [1.82, 2.24) is 4.98 Å². The first kappa shape index (κ1) is 24.6. The van der Waals surface area contributed by atoms with Crippen LogP contribution in [0.15, 0.2) is 54.7 Å². The number of carboxylic acid groups (broad SMARTS) is 1. The predicted molar refractivity (Wildman–Crippen MR) is 111 cm³/mol. The van der Waals surface area contributed by atoms with E-state index in [-0.39, 0.29) is 35.9 Å². The van der Waals surface area contributed by atoms with E-state index in [1.165, 1.54) is 30.5 Å². The number of pyridine rings is 1. The summed E-state index contributed by atoms with van der Waals surface area (Å²) in [6.07, 6.45) is -3.00. The Kier molecular flexibility index (Phi) is 8.16. The number of benzene rings is 2. The number of hydrogen-bond acceptors (Lipinski definition) is 6. The van der Waals surface area contributed by atoms with Crippen molar-refractivity contribution in [2.75, 3.05) is 5.32 Å². The number of anilines is 2. The van der Waals surface area contributed by atoms with Gasteiger partial charge in [-0.15, -0.1) is 0 Å². The second-order valence-electron chi connectivity index (χ2n) is 6.57. The highest BCUT2D eigenvalue weighted by Crippen LogP contribution is 2.31. The van der Waals surface area contributed by atoms with Gasteiger partial charge in [-0.05, 0) is 37.3 Å². The van der Waals surface area contributed by atoms with Crippen molar-refractivity contribution in [3.8, 4) is 5.75 Å². The van der Waals surface area contributed by atoms with Crippen LogP contribution in [0.1, 0.15) is 32.7 Å². The average molecular weight is 450 g/mol. The van der Waals surface area contributed by atoms with Gasteiger partial charge in [0.15, 0.2) is 0 Å². The van der Waals surface area contributed by atoms with E-state index in [2.05, 4.69) is 10.3 Å². The molecule has 0 bridgehead atoms. The summed E-state index contributed by atoms with van der Waals surface area (Å²) in [7, 11) is 0. The van der Waals surface area contributed by atoms with Gasteiger partial charge in [-0.25, -0.2) is 4.79 Å². The Balaban J connectivity index is 0.000000258. The molecule has 32 heavy (non-hydrogen) atoms. The number of halogens is 3. The van der Waals surface area contributed by atoms with Gasteiger partial charge in [0.1, 0.15) is 5.75 Å². The number of hydrogen-bond donors (Lipinski definition) is 5. The number of aliphatic hydroxyl groups is 2. The maximum absolute atomic E-state index is 12.6. The van der Waals surface area contributed by atoms with Crippen LogP contribution in [0.4, 0.5) is 24.5 Å². The molecule has 1 aromatic heterocycles. The molecule has 0 saturated heterocycles. The van der Waals surface area contributed by atoms with Crippen LogP contribution in [0.2, 0.25) is 0 Å². The van der Waals surface area contributed by atoms with Crippen LogP contribution in [0.3, 0.4) is 0 Å². The number of rotatable bonds is 5. The van der Waals surface area contributed by atoms with Gasteiger partial charge in [0, 0.05) is 23.0 Å². The molecule has 0 aliphatic carbocycles. The molecule has 170 valence electrons. The number of alkyl halides is 3. The highest BCUT2D eigenvalue weighted by molar-refractivity contribution is 5.95. The lowest BCUT2D eigenvalue weighted by molar-refractivity contribution is -0.137. The average Bonchev–Trinajstić information content (AvgIpc) is 2.76. The molecule has 3 rings (SSSR count). The van der Waals surface area contributed by atoms with Crippen LogP contribution < -0.4 is 5.32 Å². The van der Waals surface area contributed by atoms with Crippen LogP contribution in [0.25, 0.3) is 0 Å². The summed E-state index contributed by atoms with van der Waals surface area (Å²) in [5.74, 6) is -1.19. The van der Waals surface area contributed by atoms with Crippen LogP contribution in [0.5, 0.6) is 5.75 Å². The van der Waals surface area contributed by atoms with E-state index < -0.39 is 17.7 Å². The van der Waals surface area contributed by atoms with Gasteiger partial charge in [0.25, 0.3) is 0 Å². The van der Waals surface area contributed by atoms with Crippen LogP contribution in [0, 0.1) is 6.92 Å². The van der Waals surface area contributed by atoms with Gasteiger partial charge in [-0.2, -0.15) is 13.2 Å². The monoisotopic (exact) mass is 450 g/mol. The fraction of sp³-hybridized carbons (Fsp3) is 0.182. The van der Waals surface area contributed by atoms with Crippen molar-refractivity contribution in [2.45, 2.75) is 26.3 Å². The summed E-state index contributed by atoms with van der Waals surface area (Å²) < 4.78 is 37.8. The van der Waals surface area contributed by atoms with E-state index in [4.69, 9.17) is 15.3 Å². The molecule has 5 N–H and O–H groups in total. The zero-order valence-electron chi connectivity index (χ0n) is 16.9. The minimum absolute atomic E-state index is 0.00934. The molecule has 0 aliphatic heterocycles. The number of nitrogens with one attached hydrogen (secondary N) is 1. The summed E-state index contributed by atoms with van der Waals surface area (Å²) in [5.41, 5.74) is 0.870. The van der Waals surface area contributed by atoms with Gasteiger partial charge in [-0.1, -0.05) is 18.2 Å². The first-order valence-electron chi connectivity index (χ1n) is 9.23. The fourth-order valence-electron chi connectivity index (χ4n) is 2.70. The lowest BCUT2D eigenvalue weighted by Gasteiger charge is -2.12. The smallest absolute Gasteiger partial charge is 0.416 e. The van der Waals surface area contributed by atoms with Crippen LogP contribution in [-0.2, 0) is 19.4 Å². The standard InChI is InChI=1S/C14H10F3NO2.C8H11NO3/c15-14(16,17)9-4-3-5-10(8-9)18-12-7-2-1-6-11(12)13(19)20;1-5-8(12)7(4-11)6(3-10)2-9-5/h1-8,18H,(H,19,20);2,10-12H,3-4H2,1H3. The molecule has 0 aliphatic rings. The molecule has 3 aromatic rings. The first-order valence-corrected chi connectivity index (χ1v) is 9.23. The van der Waals surface area contributed by atoms with Crippen LogP contribution in [-0.4, -0.2) is 31.4 Å². The number of carbonyl (C=O) groups is 1. The van der Waals surface area contributed by atoms with Crippen molar-refractivity contribution in [3.63, 3.8) is 0 Å². The molecule has 0 atom stereocenters. The van der Waals surface area contributed by atoms with Gasteiger partial charge < -0.3 is 25.7 Å². The van der Waals surface area contributed by atoms with Gasteiger partial charge >= 0.3 is 12.1 Å². The number of aliphatic hydroxyl groups excluding tert-OH is 2. The Morgan fingerprint density at radius 3 is 2.34 bits per heavy atom. The number of carboxylic acids is 1. The Labute approximate surface area is 181 Å². The maximum atomic E-state index is 12.6. The Hall–Kier alpha value is -3.63. The van der Waals surface area contributed by atoms with Gasteiger partial charge in [0.05, 0.1) is 35.7 Å². The highest BCUT2D eigenvalue weighted by Gasteiger charge is 2.30. The van der Waals surface area contributed by atoms with Crippen molar-refractivity contribution in [2.24, 2.45) is 0 Å². The maximum Gasteiger partial charge on any atom is 0.416 e. The van der Waals surface area contributed by atoms with E-state index in [0.717, 1.165) is 12.1 Å². The summed E-state index contributed by atoms with van der Waals surface area (Å²) in [6, 6.07) is 10.6. The number of aryl methyl sites for hydroxylation is 1. The largest absolute Gasteiger partial charge is 0.506 e. The predicted octanol–water partition coefficient (Wildman–Crippen LogP) is 4.23. The molecule has 2 aromatic carbocycles. The Morgan fingerprint density at radius 1 is 1.06 bits per heavy atom. The van der Waals surface area contributed by atoms with Crippen LogP contribution >= 0.6 is 0 Å². The normalized spacial score (nSPS) is 10.8. The third-order valence-electron chi connectivity index (χ3n) is 4.39. The van der Waals surface area contributed by atoms with Crippen molar-refractivity contribution >= 4 is 17.3 Å². The quantitative estimate of drug-likeness (QED) is 0.394. The third-order valence-corrected chi connectivity index (χ3v) is 4.39. The fourth-order valence-corrected chi connectivity index (χ4v) is 2.70. The molecule has 0 unspecified atom stereocenters. The van der Waals surface area contributed by atoms with E-state index >= 15 is 0 Å². The molecule has 7 nitrogen and oxygen atoms in total. The third kappa shape index (κ3) is 6.19. The lowest BCUT2D eigenvalue weighted by Crippen LogP contribution is -2.06. The second-order valence-corrected chi connectivity index (χ2v) is 6.57. The molecule has 0 spiro atoms. The summed E-state index contributed by atoms with van der Waals surface area (Å²) >= 11 is 0. The van der Waals surface area contributed by atoms with Crippen molar-refractivity contribution in [1.29, 1.82) is 0 Å². The number of nitrogens with zero attached hydrogens (tertiary/aromatic N) is 1. The van der Waals surface area contributed by atoms with Crippen molar-refractivity contribution in [3.05, 3.63) is 82.7 Å². The van der Waals surface area contributed by atoms with E-state index in [0.29, 0.717) is 16.8 Å². The molecule has 0 amide bonds. The summed E-state index contributed by atoms with van der Waals surface area (Å²) in [5, 5.41) is 38.7. The molecule has 0 saturated carbocycles. The number of aromatic nitrogens is 1. The first-order chi connectivity index (χ1) is 15.1. The van der Waals surface area contributed by atoms with E-state index in [9.17, 15) is 23.1 Å². The molecular weight excluding hydrogens is 429 g/mol. The van der Waals surface area contributed by atoms with Gasteiger partial charge in [-0.3, -0.25) is 4.98 Å². The van der Waals surface area contributed by atoms with Crippen molar-refractivity contribution < 1.29 is 38.4 Å². The second kappa shape index (κ2) is 10.6. The zero-order valence-corrected chi connectivity index (χ0v) is 16.9. The molecular formula is C22H21F3N2O5.